The van der Waals surface area contributed by atoms with Gasteiger partial charge in [0, 0.05) is 31.8 Å². The van der Waals surface area contributed by atoms with Gasteiger partial charge in [-0.3, -0.25) is 9.59 Å². The van der Waals surface area contributed by atoms with Crippen LogP contribution in [0.5, 0.6) is 0 Å². The van der Waals surface area contributed by atoms with Crippen molar-refractivity contribution in [3.8, 4) is 0 Å². The molecule has 4 heterocycles. The molecular formula is C19H22N6O2. The number of aromatic nitrogens is 5. The minimum absolute atomic E-state index is 0.0329. The maximum absolute atomic E-state index is 12.5. The van der Waals surface area contributed by atoms with Gasteiger partial charge in [0.15, 0.2) is 11.4 Å². The van der Waals surface area contributed by atoms with Crippen molar-refractivity contribution in [2.24, 2.45) is 5.92 Å². The van der Waals surface area contributed by atoms with Crippen LogP contribution >= 0.6 is 0 Å². The third-order valence-corrected chi connectivity index (χ3v) is 5.03. The normalized spacial score (nSPS) is 15.4. The van der Waals surface area contributed by atoms with Crippen LogP contribution < -0.4 is 10.5 Å². The number of nitrogens with zero attached hydrogens (tertiary/aromatic N) is 6. The topological polar surface area (TPSA) is 85.4 Å². The van der Waals surface area contributed by atoms with E-state index in [1.807, 2.05) is 12.1 Å². The molecule has 0 bridgehead atoms. The Morgan fingerprint density at radius 2 is 2.04 bits per heavy atom. The molecule has 3 aromatic heterocycles. The van der Waals surface area contributed by atoms with Gasteiger partial charge in [-0.15, -0.1) is 0 Å². The van der Waals surface area contributed by atoms with Gasteiger partial charge in [0.25, 0.3) is 5.56 Å². The standard InChI is InChI=1S/C19H22N6O2/c1-14-4-7-23(8-5-14)17-2-3-19(27)25(22-17)12-16(26)10-15-6-9-24-18(11-15)20-13-21-24/h2-3,6,9,11,13-14H,4-5,7-8,10,12H2,1H3. The molecule has 0 radical (unpaired) electrons. The zero-order valence-corrected chi connectivity index (χ0v) is 15.3. The maximum atomic E-state index is 12.5. The van der Waals surface area contributed by atoms with Crippen molar-refractivity contribution in [1.82, 2.24) is 24.4 Å². The summed E-state index contributed by atoms with van der Waals surface area (Å²) in [6, 6.07) is 6.90. The number of piperidine rings is 1. The van der Waals surface area contributed by atoms with Crippen LogP contribution in [0.3, 0.4) is 0 Å². The second kappa shape index (κ2) is 7.30. The van der Waals surface area contributed by atoms with Gasteiger partial charge in [-0.05, 0) is 42.5 Å². The molecule has 0 unspecified atom stereocenters. The van der Waals surface area contributed by atoms with Crippen molar-refractivity contribution < 1.29 is 4.79 Å². The highest BCUT2D eigenvalue weighted by atomic mass is 16.1. The van der Waals surface area contributed by atoms with E-state index in [0.717, 1.165) is 43.2 Å². The molecule has 8 nitrogen and oxygen atoms in total. The summed E-state index contributed by atoms with van der Waals surface area (Å²) in [5, 5.41) is 8.46. The zero-order chi connectivity index (χ0) is 18.8. The summed E-state index contributed by atoms with van der Waals surface area (Å²) in [4.78, 5) is 30.9. The van der Waals surface area contributed by atoms with Gasteiger partial charge >= 0.3 is 0 Å². The van der Waals surface area contributed by atoms with Crippen molar-refractivity contribution in [3.05, 3.63) is 52.7 Å². The van der Waals surface area contributed by atoms with E-state index in [0.29, 0.717) is 5.65 Å². The number of rotatable bonds is 5. The number of hydrogen-bond donors (Lipinski definition) is 0. The Morgan fingerprint density at radius 1 is 1.22 bits per heavy atom. The van der Waals surface area contributed by atoms with E-state index in [1.165, 1.54) is 17.1 Å². The fourth-order valence-corrected chi connectivity index (χ4v) is 3.38. The Morgan fingerprint density at radius 3 is 2.85 bits per heavy atom. The third kappa shape index (κ3) is 3.89. The van der Waals surface area contributed by atoms with Crippen molar-refractivity contribution >= 4 is 17.2 Å². The third-order valence-electron chi connectivity index (χ3n) is 5.03. The number of hydrogen-bond acceptors (Lipinski definition) is 6. The lowest BCUT2D eigenvalue weighted by Gasteiger charge is -2.31. The van der Waals surface area contributed by atoms with Gasteiger partial charge in [0.1, 0.15) is 18.7 Å². The van der Waals surface area contributed by atoms with Gasteiger partial charge in [0.2, 0.25) is 0 Å². The minimum Gasteiger partial charge on any atom is -0.355 e. The fourth-order valence-electron chi connectivity index (χ4n) is 3.38. The van der Waals surface area contributed by atoms with Crippen LogP contribution in [-0.4, -0.2) is 43.3 Å². The Labute approximate surface area is 156 Å². The first-order valence-corrected chi connectivity index (χ1v) is 9.21. The van der Waals surface area contributed by atoms with Gasteiger partial charge < -0.3 is 4.90 Å². The number of carbonyl (C=O) groups is 1. The van der Waals surface area contributed by atoms with Gasteiger partial charge in [-0.1, -0.05) is 6.92 Å². The largest absolute Gasteiger partial charge is 0.355 e. The Balaban J connectivity index is 1.47. The molecule has 4 rings (SSSR count). The number of fused-ring (bicyclic) bond motifs is 1. The Bertz CT molecular complexity index is 1020. The lowest BCUT2D eigenvalue weighted by molar-refractivity contribution is -0.119. The molecule has 27 heavy (non-hydrogen) atoms. The summed E-state index contributed by atoms with van der Waals surface area (Å²) < 4.78 is 2.91. The Hall–Kier alpha value is -3.03. The van der Waals surface area contributed by atoms with Crippen LogP contribution in [0.1, 0.15) is 25.3 Å². The van der Waals surface area contributed by atoms with E-state index in [4.69, 9.17) is 0 Å². The molecule has 0 aromatic carbocycles. The van der Waals surface area contributed by atoms with Crippen molar-refractivity contribution in [2.45, 2.75) is 32.7 Å². The second-order valence-electron chi connectivity index (χ2n) is 7.17. The number of pyridine rings is 1. The van der Waals surface area contributed by atoms with Gasteiger partial charge in [-0.2, -0.15) is 10.2 Å². The molecule has 0 amide bonds. The van der Waals surface area contributed by atoms with Gasteiger partial charge in [0.05, 0.1) is 0 Å². The minimum atomic E-state index is -0.259. The summed E-state index contributed by atoms with van der Waals surface area (Å²) in [6.07, 6.45) is 5.70. The molecule has 140 valence electrons. The molecule has 1 saturated heterocycles. The number of carbonyl (C=O) groups excluding carboxylic acids is 1. The maximum Gasteiger partial charge on any atom is 0.267 e. The molecule has 8 heteroatoms. The first-order chi connectivity index (χ1) is 13.1. The second-order valence-corrected chi connectivity index (χ2v) is 7.17. The molecule has 3 aromatic rings. The van der Waals surface area contributed by atoms with E-state index in [1.54, 1.807) is 16.8 Å². The van der Waals surface area contributed by atoms with E-state index in [9.17, 15) is 9.59 Å². The monoisotopic (exact) mass is 366 g/mol. The predicted molar refractivity (Wildman–Crippen MR) is 101 cm³/mol. The van der Waals surface area contributed by atoms with E-state index >= 15 is 0 Å². The molecule has 1 aliphatic rings. The SMILES string of the molecule is CC1CCN(c2ccc(=O)n(CC(=O)Cc3ccn4ncnc4c3)n2)CC1. The summed E-state index contributed by atoms with van der Waals surface area (Å²) in [7, 11) is 0. The molecule has 0 spiro atoms. The number of ketones is 1. The summed E-state index contributed by atoms with van der Waals surface area (Å²) >= 11 is 0. The van der Waals surface area contributed by atoms with E-state index in [-0.39, 0.29) is 24.3 Å². The highest BCUT2D eigenvalue weighted by Crippen LogP contribution is 2.20. The van der Waals surface area contributed by atoms with Gasteiger partial charge in [-0.25, -0.2) is 14.2 Å². The highest BCUT2D eigenvalue weighted by molar-refractivity contribution is 5.80. The molecule has 1 aliphatic heterocycles. The summed E-state index contributed by atoms with van der Waals surface area (Å²) in [5.41, 5.74) is 1.28. The molecule has 1 fully saturated rings. The average molecular weight is 366 g/mol. The molecule has 0 N–H and O–H groups in total. The van der Waals surface area contributed by atoms with Crippen LogP contribution in [0.25, 0.3) is 5.65 Å². The van der Waals surface area contributed by atoms with Crippen LogP contribution in [-0.2, 0) is 17.8 Å². The first-order valence-electron chi connectivity index (χ1n) is 9.21. The van der Waals surface area contributed by atoms with Crippen LogP contribution in [0, 0.1) is 5.92 Å². The van der Waals surface area contributed by atoms with Crippen molar-refractivity contribution in [1.29, 1.82) is 0 Å². The van der Waals surface area contributed by atoms with E-state index < -0.39 is 0 Å². The summed E-state index contributed by atoms with van der Waals surface area (Å²) in [5.74, 6) is 1.41. The Kier molecular flexibility index (Phi) is 4.70. The summed E-state index contributed by atoms with van der Waals surface area (Å²) in [6.45, 7) is 4.08. The molecular weight excluding hydrogens is 344 g/mol. The van der Waals surface area contributed by atoms with Crippen LogP contribution in [0.2, 0.25) is 0 Å². The van der Waals surface area contributed by atoms with Crippen molar-refractivity contribution in [2.75, 3.05) is 18.0 Å². The predicted octanol–water partition coefficient (Wildman–Crippen LogP) is 1.33. The first kappa shape index (κ1) is 17.4. The smallest absolute Gasteiger partial charge is 0.267 e. The number of Topliss-reactive ketones (excluding diaryl/α,β-unsaturated/α-hetero) is 1. The quantitative estimate of drug-likeness (QED) is 0.677. The average Bonchev–Trinajstić information content (AvgIpc) is 3.12. The zero-order valence-electron chi connectivity index (χ0n) is 15.3. The lowest BCUT2D eigenvalue weighted by Crippen LogP contribution is -2.36. The number of anilines is 1. The molecule has 0 aliphatic carbocycles. The molecule has 0 atom stereocenters. The fraction of sp³-hybridized carbons (Fsp3) is 0.421. The molecule has 0 saturated carbocycles. The highest BCUT2D eigenvalue weighted by Gasteiger charge is 2.18. The van der Waals surface area contributed by atoms with Crippen molar-refractivity contribution in [3.63, 3.8) is 0 Å². The van der Waals surface area contributed by atoms with Crippen LogP contribution in [0.4, 0.5) is 5.82 Å². The lowest BCUT2D eigenvalue weighted by atomic mass is 9.99. The van der Waals surface area contributed by atoms with Crippen LogP contribution in [0.15, 0.2) is 41.6 Å². The van der Waals surface area contributed by atoms with E-state index in [2.05, 4.69) is 27.0 Å².